The van der Waals surface area contributed by atoms with Gasteiger partial charge in [0, 0.05) is 58.3 Å². The van der Waals surface area contributed by atoms with Gasteiger partial charge < -0.3 is 33.5 Å². The van der Waals surface area contributed by atoms with Gasteiger partial charge in [0.15, 0.2) is 0 Å². The molecule has 12 nitrogen and oxygen atoms in total. The topological polar surface area (TPSA) is 138 Å². The van der Waals surface area contributed by atoms with Crippen LogP contribution in [0.1, 0.15) is 285 Å². The van der Waals surface area contributed by atoms with E-state index in [9.17, 15) is 24.0 Å². The van der Waals surface area contributed by atoms with Crippen LogP contribution in [0.2, 0.25) is 0 Å². The minimum Gasteiger partial charge on any atom is -0.465 e. The summed E-state index contributed by atoms with van der Waals surface area (Å²) in [7, 11) is 2.15. The van der Waals surface area contributed by atoms with Crippen LogP contribution >= 0.6 is 0 Å². The van der Waals surface area contributed by atoms with Crippen LogP contribution in [0.15, 0.2) is 0 Å². The second-order valence-electron chi connectivity index (χ2n) is 21.7. The Bertz CT molecular complexity index is 1220. The number of unbranched alkanes of at least 4 members (excludes halogenated alkanes) is 24. The number of ether oxygens (including phenoxy) is 5. The highest BCUT2D eigenvalue weighted by Crippen LogP contribution is 2.20. The van der Waals surface area contributed by atoms with Gasteiger partial charge in [0.2, 0.25) is 0 Å². The Hall–Kier alpha value is -2.73. The molecular weight excluding hydrogens is 921 g/mol. The fourth-order valence-corrected chi connectivity index (χ4v) is 9.55. The molecule has 0 amide bonds. The monoisotopic (exact) mass is 1030 g/mol. The highest BCUT2D eigenvalue weighted by atomic mass is 16.6. The number of hydrogen-bond donors (Lipinski definition) is 0. The molecule has 1 heterocycles. The van der Waals surface area contributed by atoms with E-state index in [-0.39, 0.29) is 75.6 Å². The maximum absolute atomic E-state index is 12.9. The molecule has 0 atom stereocenters. The zero-order valence-electron chi connectivity index (χ0n) is 48.2. The van der Waals surface area contributed by atoms with E-state index in [0.29, 0.717) is 32.1 Å². The Balaban J connectivity index is 2.62. The molecule has 0 bridgehead atoms. The lowest BCUT2D eigenvalue weighted by Crippen LogP contribution is -2.44. The van der Waals surface area contributed by atoms with Crippen LogP contribution in [-0.4, -0.2) is 111 Å². The summed E-state index contributed by atoms with van der Waals surface area (Å²) in [6.07, 6.45) is 38.5. The van der Waals surface area contributed by atoms with E-state index >= 15 is 0 Å². The van der Waals surface area contributed by atoms with Crippen molar-refractivity contribution in [2.45, 2.75) is 297 Å². The smallest absolute Gasteiger partial charge is 0.306 e. The first-order chi connectivity index (χ1) is 35.6. The molecule has 0 aromatic rings. The maximum atomic E-state index is 12.9. The normalized spacial score (nSPS) is 13.3. The van der Waals surface area contributed by atoms with Crippen LogP contribution in [0.3, 0.4) is 0 Å². The largest absolute Gasteiger partial charge is 0.465 e. The van der Waals surface area contributed by atoms with Crippen LogP contribution in [0.25, 0.3) is 0 Å². The van der Waals surface area contributed by atoms with E-state index < -0.39 is 17.9 Å². The first-order valence-electron chi connectivity index (χ1n) is 30.9. The Morgan fingerprint density at radius 3 is 0.945 bits per heavy atom. The van der Waals surface area contributed by atoms with Crippen molar-refractivity contribution in [3.63, 3.8) is 0 Å². The second kappa shape index (κ2) is 50.1. The number of piperazine rings is 1. The highest BCUT2D eigenvalue weighted by Gasteiger charge is 2.20. The molecule has 0 unspecified atom stereocenters. The average Bonchev–Trinajstić information content (AvgIpc) is 3.38. The van der Waals surface area contributed by atoms with Crippen molar-refractivity contribution in [2.24, 2.45) is 5.92 Å². The molecule has 12 heteroatoms. The predicted octanol–water partition coefficient (Wildman–Crippen LogP) is 15.0. The number of rotatable bonds is 52. The fourth-order valence-electron chi connectivity index (χ4n) is 9.55. The predicted molar refractivity (Wildman–Crippen MR) is 297 cm³/mol. The first kappa shape index (κ1) is 68.3. The summed E-state index contributed by atoms with van der Waals surface area (Å²) in [4.78, 5) is 69.3. The van der Waals surface area contributed by atoms with Crippen LogP contribution in [0.4, 0.5) is 0 Å². The van der Waals surface area contributed by atoms with Gasteiger partial charge in [-0.2, -0.15) is 0 Å². The standard InChI is InChI=1S/C61H114N2O10/c1-6-10-14-18-22-27-37-55(38-28-23-19-15-11-7-2)72-60(67)44-34-32-42-58(65)70-52-54(51-69-57(64)41-31-26-36-46-63-49-47-62(5)48-50-63)53-71-59(66)43-33-35-45-61(68)73-56(39-29-24-20-16-12-8-3)40-30-25-21-17-13-9-4/h54-56H,6-53H2,1-5H3. The molecule has 0 saturated carbocycles. The first-order valence-corrected chi connectivity index (χ1v) is 30.9. The number of carbonyl (C=O) groups excluding carboxylic acids is 5. The third kappa shape index (κ3) is 44.1. The van der Waals surface area contributed by atoms with Gasteiger partial charge in [0.25, 0.3) is 0 Å². The Kier molecular flexibility index (Phi) is 46.9. The third-order valence-corrected chi connectivity index (χ3v) is 14.5. The van der Waals surface area contributed by atoms with Gasteiger partial charge in [-0.15, -0.1) is 0 Å². The van der Waals surface area contributed by atoms with Gasteiger partial charge in [-0.25, -0.2) is 0 Å². The van der Waals surface area contributed by atoms with Gasteiger partial charge in [-0.3, -0.25) is 24.0 Å². The summed E-state index contributed by atoms with van der Waals surface area (Å²) in [5.74, 6) is -2.05. The van der Waals surface area contributed by atoms with Crippen molar-refractivity contribution in [1.29, 1.82) is 0 Å². The highest BCUT2D eigenvalue weighted by molar-refractivity contribution is 5.71. The minimum atomic E-state index is -0.524. The molecule has 0 spiro atoms. The molecule has 0 radical (unpaired) electrons. The number of esters is 5. The van der Waals surface area contributed by atoms with Crippen molar-refractivity contribution in [3.8, 4) is 0 Å². The van der Waals surface area contributed by atoms with Crippen molar-refractivity contribution >= 4 is 29.8 Å². The summed E-state index contributed by atoms with van der Waals surface area (Å²) >= 11 is 0. The zero-order chi connectivity index (χ0) is 53.3. The van der Waals surface area contributed by atoms with Gasteiger partial charge in [0.1, 0.15) is 32.0 Å². The van der Waals surface area contributed by atoms with Crippen molar-refractivity contribution in [1.82, 2.24) is 9.80 Å². The maximum Gasteiger partial charge on any atom is 0.306 e. The Morgan fingerprint density at radius 2 is 0.616 bits per heavy atom. The molecular formula is C61H114N2O10. The molecule has 0 aromatic heterocycles. The van der Waals surface area contributed by atoms with Crippen LogP contribution in [-0.2, 0) is 47.7 Å². The molecule has 1 rings (SSSR count). The van der Waals surface area contributed by atoms with E-state index in [1.807, 2.05) is 0 Å². The van der Waals surface area contributed by atoms with Crippen LogP contribution < -0.4 is 0 Å². The Morgan fingerprint density at radius 1 is 0.342 bits per heavy atom. The third-order valence-electron chi connectivity index (χ3n) is 14.5. The fraction of sp³-hybridized carbons (Fsp3) is 0.918. The van der Waals surface area contributed by atoms with Crippen molar-refractivity contribution in [3.05, 3.63) is 0 Å². The summed E-state index contributed by atoms with van der Waals surface area (Å²) in [5, 5.41) is 0. The molecule has 0 aromatic carbocycles. The number of carbonyl (C=O) groups is 5. The number of likely N-dealkylation sites (N-methyl/N-ethyl adjacent to an activating group) is 1. The zero-order valence-corrected chi connectivity index (χ0v) is 48.2. The van der Waals surface area contributed by atoms with Gasteiger partial charge in [-0.05, 0) is 103 Å². The molecule has 0 N–H and O–H groups in total. The number of nitrogens with zero attached hydrogens (tertiary/aromatic N) is 2. The summed E-state index contributed by atoms with van der Waals surface area (Å²) in [5.41, 5.74) is 0. The molecule has 0 aliphatic carbocycles. The van der Waals surface area contributed by atoms with Gasteiger partial charge in [-0.1, -0.05) is 163 Å². The molecule has 1 fully saturated rings. The lowest BCUT2D eigenvalue weighted by molar-refractivity contribution is -0.155. The van der Waals surface area contributed by atoms with Crippen molar-refractivity contribution < 1.29 is 47.7 Å². The van der Waals surface area contributed by atoms with Gasteiger partial charge >= 0.3 is 29.8 Å². The van der Waals surface area contributed by atoms with Crippen molar-refractivity contribution in [2.75, 3.05) is 59.6 Å². The van der Waals surface area contributed by atoms with E-state index in [1.54, 1.807) is 0 Å². The molecule has 428 valence electrons. The SMILES string of the molecule is CCCCCCCCC(CCCCCCCC)OC(=O)CCCCC(=O)OCC(COC(=O)CCCCCN1CCN(C)CC1)COC(=O)CCCCC(=O)OC(CCCCCCCC)CCCCCCCC. The summed E-state index contributed by atoms with van der Waals surface area (Å²) in [6.45, 7) is 14.1. The van der Waals surface area contributed by atoms with E-state index in [1.165, 1.54) is 128 Å². The summed E-state index contributed by atoms with van der Waals surface area (Å²) < 4.78 is 28.9. The molecule has 1 aliphatic heterocycles. The average molecular weight is 1040 g/mol. The minimum absolute atomic E-state index is 0.0321. The van der Waals surface area contributed by atoms with E-state index in [4.69, 9.17) is 23.7 Å². The van der Waals surface area contributed by atoms with Crippen LogP contribution in [0, 0.1) is 5.92 Å². The Labute approximate surface area is 448 Å². The van der Waals surface area contributed by atoms with Crippen LogP contribution in [0.5, 0.6) is 0 Å². The molecule has 1 aliphatic rings. The quantitative estimate of drug-likeness (QED) is 0.0326. The lowest BCUT2D eigenvalue weighted by Gasteiger charge is -2.32. The van der Waals surface area contributed by atoms with E-state index in [2.05, 4.69) is 44.5 Å². The molecule has 1 saturated heterocycles. The lowest BCUT2D eigenvalue weighted by atomic mass is 10.0. The van der Waals surface area contributed by atoms with E-state index in [0.717, 1.165) is 103 Å². The van der Waals surface area contributed by atoms with Gasteiger partial charge in [0.05, 0.1) is 5.92 Å². The second-order valence-corrected chi connectivity index (χ2v) is 21.7. The number of hydrogen-bond acceptors (Lipinski definition) is 12. The summed E-state index contributed by atoms with van der Waals surface area (Å²) in [6, 6.07) is 0. The molecule has 73 heavy (non-hydrogen) atoms.